The minimum Gasteiger partial charge on any atom is -0.453 e. The number of carbonyl (C=O) groups excluding carboxylic acids is 2. The Morgan fingerprint density at radius 2 is 1.92 bits per heavy atom. The molecular formula is C16H31N5O3. The van der Waals surface area contributed by atoms with Crippen molar-refractivity contribution in [3.63, 3.8) is 0 Å². The van der Waals surface area contributed by atoms with Crippen LogP contribution in [0.3, 0.4) is 0 Å². The highest BCUT2D eigenvalue weighted by Gasteiger charge is 2.23. The van der Waals surface area contributed by atoms with E-state index in [1.54, 1.807) is 19.0 Å². The number of hydrogen-bond donors (Lipinski definition) is 2. The molecule has 8 nitrogen and oxygen atoms in total. The molecule has 0 saturated carbocycles. The maximum absolute atomic E-state index is 11.7. The number of aliphatic imine (C=N–C) groups is 1. The van der Waals surface area contributed by atoms with Gasteiger partial charge in [-0.3, -0.25) is 4.79 Å². The topological polar surface area (TPSA) is 86.3 Å². The molecule has 0 spiro atoms. The molecule has 1 heterocycles. The summed E-state index contributed by atoms with van der Waals surface area (Å²) in [6.45, 7) is 6.43. The van der Waals surface area contributed by atoms with Crippen molar-refractivity contribution in [2.24, 2.45) is 10.9 Å². The molecule has 1 rings (SSSR count). The number of nitrogens with zero attached hydrogens (tertiary/aromatic N) is 3. The fourth-order valence-corrected chi connectivity index (χ4v) is 2.27. The van der Waals surface area contributed by atoms with E-state index in [2.05, 4.69) is 29.5 Å². The highest BCUT2D eigenvalue weighted by atomic mass is 16.5. The van der Waals surface area contributed by atoms with Gasteiger partial charge in [0.2, 0.25) is 5.91 Å². The van der Waals surface area contributed by atoms with E-state index in [4.69, 9.17) is 4.74 Å². The molecule has 138 valence electrons. The van der Waals surface area contributed by atoms with Gasteiger partial charge in [-0.25, -0.2) is 9.79 Å². The van der Waals surface area contributed by atoms with Crippen LogP contribution in [0, 0.1) is 5.92 Å². The third kappa shape index (κ3) is 7.06. The summed E-state index contributed by atoms with van der Waals surface area (Å²) in [5, 5.41) is 6.64. The zero-order chi connectivity index (χ0) is 18.1. The number of guanidine groups is 1. The number of nitrogens with one attached hydrogen (secondary N) is 2. The number of hydrogen-bond acceptors (Lipinski definition) is 4. The molecule has 0 atom stereocenters. The van der Waals surface area contributed by atoms with E-state index in [0.29, 0.717) is 25.0 Å². The molecule has 0 aromatic carbocycles. The van der Waals surface area contributed by atoms with Crippen molar-refractivity contribution in [1.82, 2.24) is 20.4 Å². The van der Waals surface area contributed by atoms with Crippen molar-refractivity contribution in [1.29, 1.82) is 0 Å². The van der Waals surface area contributed by atoms with E-state index in [1.807, 2.05) is 0 Å². The van der Waals surface area contributed by atoms with Gasteiger partial charge >= 0.3 is 6.09 Å². The zero-order valence-corrected chi connectivity index (χ0v) is 15.5. The van der Waals surface area contributed by atoms with Gasteiger partial charge < -0.3 is 25.2 Å². The average molecular weight is 341 g/mol. The maximum atomic E-state index is 11.7. The van der Waals surface area contributed by atoms with Crippen molar-refractivity contribution >= 4 is 18.0 Å². The monoisotopic (exact) mass is 341 g/mol. The third-order valence-electron chi connectivity index (χ3n) is 3.82. The highest BCUT2D eigenvalue weighted by Crippen LogP contribution is 2.11. The smallest absolute Gasteiger partial charge is 0.409 e. The number of rotatable bonds is 5. The number of ether oxygens (including phenoxy) is 1. The van der Waals surface area contributed by atoms with Gasteiger partial charge in [0.1, 0.15) is 6.54 Å². The summed E-state index contributed by atoms with van der Waals surface area (Å²) in [4.78, 5) is 30.9. The fourth-order valence-electron chi connectivity index (χ4n) is 2.27. The molecule has 8 heteroatoms. The van der Waals surface area contributed by atoms with Crippen LogP contribution in [0.2, 0.25) is 0 Å². The van der Waals surface area contributed by atoms with Crippen LogP contribution in [0.25, 0.3) is 0 Å². The summed E-state index contributed by atoms with van der Waals surface area (Å²) in [6.07, 6.45) is 1.36. The summed E-state index contributed by atoms with van der Waals surface area (Å²) < 4.78 is 4.75. The molecule has 1 fully saturated rings. The highest BCUT2D eigenvalue weighted by molar-refractivity contribution is 5.85. The summed E-state index contributed by atoms with van der Waals surface area (Å²) in [5.74, 6) is 1.08. The summed E-state index contributed by atoms with van der Waals surface area (Å²) in [6, 6.07) is 0.221. The minimum absolute atomic E-state index is 0.0406. The number of carbonyl (C=O) groups is 2. The van der Waals surface area contributed by atoms with Gasteiger partial charge in [0.15, 0.2) is 5.96 Å². The van der Waals surface area contributed by atoms with E-state index in [9.17, 15) is 9.59 Å². The molecule has 0 unspecified atom stereocenters. The lowest BCUT2D eigenvalue weighted by atomic mass is 10.1. The van der Waals surface area contributed by atoms with Crippen molar-refractivity contribution in [2.75, 3.05) is 47.4 Å². The quantitative estimate of drug-likeness (QED) is 0.562. The number of likely N-dealkylation sites (tertiary alicyclic amines) is 1. The first-order valence-electron chi connectivity index (χ1n) is 8.41. The second kappa shape index (κ2) is 10.00. The Hall–Kier alpha value is -1.99. The Bertz CT molecular complexity index is 443. The van der Waals surface area contributed by atoms with Crippen LogP contribution in [-0.4, -0.2) is 81.2 Å². The molecule has 1 saturated heterocycles. The van der Waals surface area contributed by atoms with Crippen molar-refractivity contribution < 1.29 is 14.3 Å². The minimum atomic E-state index is -0.281. The van der Waals surface area contributed by atoms with Gasteiger partial charge in [0.25, 0.3) is 0 Å². The summed E-state index contributed by atoms with van der Waals surface area (Å²) in [7, 11) is 4.83. The van der Waals surface area contributed by atoms with E-state index < -0.39 is 0 Å². The fraction of sp³-hybridized carbons (Fsp3) is 0.812. The number of likely N-dealkylation sites (N-methyl/N-ethyl adjacent to an activating group) is 1. The SMILES string of the molecule is COC(=O)N1CCC(NC(=NCC(=O)N(C)C)NCC(C)C)CC1. The van der Waals surface area contributed by atoms with Gasteiger partial charge in [-0.2, -0.15) is 0 Å². The van der Waals surface area contributed by atoms with E-state index in [0.717, 1.165) is 19.4 Å². The molecule has 0 radical (unpaired) electrons. The summed E-state index contributed by atoms with van der Waals surface area (Å²) in [5.41, 5.74) is 0. The van der Waals surface area contributed by atoms with Gasteiger partial charge in [-0.15, -0.1) is 0 Å². The molecule has 0 aliphatic carbocycles. The standard InChI is InChI=1S/C16H31N5O3/c1-12(2)10-17-15(18-11-14(22)20(3)4)19-13-6-8-21(9-7-13)16(23)24-5/h12-13H,6-11H2,1-5H3,(H2,17,18,19). The van der Waals surface area contributed by atoms with Crippen LogP contribution in [0.15, 0.2) is 4.99 Å². The van der Waals surface area contributed by atoms with E-state index in [-0.39, 0.29) is 24.6 Å². The number of piperidine rings is 1. The first kappa shape index (κ1) is 20.1. The molecule has 0 bridgehead atoms. The second-order valence-corrected chi connectivity index (χ2v) is 6.60. The van der Waals surface area contributed by atoms with E-state index in [1.165, 1.54) is 12.0 Å². The average Bonchev–Trinajstić information content (AvgIpc) is 2.56. The van der Waals surface area contributed by atoms with Crippen molar-refractivity contribution in [2.45, 2.75) is 32.7 Å². The molecule has 1 aliphatic rings. The third-order valence-corrected chi connectivity index (χ3v) is 3.82. The molecule has 2 N–H and O–H groups in total. The van der Waals surface area contributed by atoms with Crippen LogP contribution in [0.5, 0.6) is 0 Å². The molecule has 2 amide bonds. The van der Waals surface area contributed by atoms with Crippen molar-refractivity contribution in [3.8, 4) is 0 Å². The lowest BCUT2D eigenvalue weighted by Crippen LogP contribution is -2.50. The van der Waals surface area contributed by atoms with Crippen LogP contribution in [0.4, 0.5) is 4.79 Å². The van der Waals surface area contributed by atoms with Crippen LogP contribution in [0.1, 0.15) is 26.7 Å². The number of methoxy groups -OCH3 is 1. The van der Waals surface area contributed by atoms with Crippen LogP contribution in [-0.2, 0) is 9.53 Å². The predicted octanol–water partition coefficient (Wildman–Crippen LogP) is 0.497. The zero-order valence-electron chi connectivity index (χ0n) is 15.5. The molecule has 24 heavy (non-hydrogen) atoms. The molecule has 1 aliphatic heterocycles. The van der Waals surface area contributed by atoms with Crippen LogP contribution < -0.4 is 10.6 Å². The lowest BCUT2D eigenvalue weighted by Gasteiger charge is -2.32. The molecule has 0 aromatic rings. The lowest BCUT2D eigenvalue weighted by molar-refractivity contribution is -0.127. The normalized spacial score (nSPS) is 16.1. The van der Waals surface area contributed by atoms with Gasteiger partial charge in [0, 0.05) is 39.8 Å². The number of amides is 2. The van der Waals surface area contributed by atoms with E-state index >= 15 is 0 Å². The Morgan fingerprint density at radius 3 is 2.42 bits per heavy atom. The Balaban J connectivity index is 2.57. The maximum Gasteiger partial charge on any atom is 0.409 e. The van der Waals surface area contributed by atoms with Crippen molar-refractivity contribution in [3.05, 3.63) is 0 Å². The summed E-state index contributed by atoms with van der Waals surface area (Å²) >= 11 is 0. The predicted molar refractivity (Wildman–Crippen MR) is 94.0 cm³/mol. The van der Waals surface area contributed by atoms with Gasteiger partial charge in [-0.1, -0.05) is 13.8 Å². The second-order valence-electron chi connectivity index (χ2n) is 6.60. The Kier molecular flexibility index (Phi) is 8.35. The Labute approximate surface area is 144 Å². The molecule has 0 aromatic heterocycles. The Morgan fingerprint density at radius 1 is 1.29 bits per heavy atom. The van der Waals surface area contributed by atoms with Gasteiger partial charge in [0.05, 0.1) is 7.11 Å². The largest absolute Gasteiger partial charge is 0.453 e. The first-order chi connectivity index (χ1) is 11.3. The van der Waals surface area contributed by atoms with Crippen LogP contribution >= 0.6 is 0 Å². The first-order valence-corrected chi connectivity index (χ1v) is 8.41. The van der Waals surface area contributed by atoms with Gasteiger partial charge in [-0.05, 0) is 18.8 Å². The molecular weight excluding hydrogens is 310 g/mol.